The summed E-state index contributed by atoms with van der Waals surface area (Å²) in [5, 5.41) is 0. The second kappa shape index (κ2) is 11.8. The number of H-pyrrole nitrogens is 1. The lowest BCUT2D eigenvalue weighted by atomic mass is 10.0. The van der Waals surface area contributed by atoms with Gasteiger partial charge in [-0.05, 0) is 60.7 Å². The standard InChI is InChI=1S/C31H18F6N4O2/c32-30(33,34)23-9-5-10-24(43-18-22-8-4-11-25(38-22)31(35,36)37)26(23)28-39-27(40-29(42)41-28)21-16-14-20(15-17-21)13-12-19-6-2-1-3-7-19/h1-11,14-17H,18H2,(H,39,40,41,42). The monoisotopic (exact) mass is 592 g/mol. The van der Waals surface area contributed by atoms with Gasteiger partial charge in [0.2, 0.25) is 0 Å². The summed E-state index contributed by atoms with van der Waals surface area (Å²) >= 11 is 0. The molecule has 0 radical (unpaired) electrons. The lowest BCUT2D eigenvalue weighted by molar-refractivity contribution is -0.141. The highest BCUT2D eigenvalue weighted by Crippen LogP contribution is 2.41. The third kappa shape index (κ3) is 7.08. The molecule has 0 unspecified atom stereocenters. The fourth-order valence-electron chi connectivity index (χ4n) is 4.00. The van der Waals surface area contributed by atoms with E-state index in [9.17, 15) is 31.1 Å². The van der Waals surface area contributed by atoms with Crippen LogP contribution in [0, 0.1) is 11.8 Å². The van der Waals surface area contributed by atoms with Crippen molar-refractivity contribution in [1.29, 1.82) is 0 Å². The number of nitrogens with zero attached hydrogens (tertiary/aromatic N) is 3. The number of aromatic nitrogens is 4. The zero-order valence-electron chi connectivity index (χ0n) is 21.8. The number of benzene rings is 3. The van der Waals surface area contributed by atoms with Crippen LogP contribution in [-0.4, -0.2) is 19.9 Å². The van der Waals surface area contributed by atoms with Crippen molar-refractivity contribution < 1.29 is 31.1 Å². The van der Waals surface area contributed by atoms with Gasteiger partial charge in [-0.1, -0.05) is 42.2 Å². The minimum Gasteiger partial charge on any atom is -0.487 e. The Morgan fingerprint density at radius 1 is 0.698 bits per heavy atom. The second-order valence-electron chi connectivity index (χ2n) is 9.00. The number of halogens is 6. The Morgan fingerprint density at radius 2 is 1.37 bits per heavy atom. The van der Waals surface area contributed by atoms with Gasteiger partial charge in [-0.2, -0.15) is 31.3 Å². The molecule has 216 valence electrons. The van der Waals surface area contributed by atoms with Gasteiger partial charge in [-0.15, -0.1) is 0 Å². The molecular formula is C31H18F6N4O2. The van der Waals surface area contributed by atoms with Crippen molar-refractivity contribution in [2.24, 2.45) is 0 Å². The molecule has 2 aromatic heterocycles. The zero-order chi connectivity index (χ0) is 30.6. The smallest absolute Gasteiger partial charge is 0.433 e. The third-order valence-electron chi connectivity index (χ3n) is 5.96. The van der Waals surface area contributed by atoms with E-state index in [2.05, 4.69) is 31.8 Å². The molecule has 0 aliphatic heterocycles. The van der Waals surface area contributed by atoms with Gasteiger partial charge >= 0.3 is 18.0 Å². The number of nitrogens with one attached hydrogen (secondary N) is 1. The molecule has 1 N–H and O–H groups in total. The number of ether oxygens (including phenoxy) is 1. The quantitative estimate of drug-likeness (QED) is 0.177. The van der Waals surface area contributed by atoms with Crippen molar-refractivity contribution in [2.45, 2.75) is 19.0 Å². The van der Waals surface area contributed by atoms with Crippen LogP contribution in [0.3, 0.4) is 0 Å². The van der Waals surface area contributed by atoms with Crippen molar-refractivity contribution in [3.05, 3.63) is 130 Å². The molecule has 0 aliphatic rings. The maximum atomic E-state index is 14.1. The van der Waals surface area contributed by atoms with E-state index in [4.69, 9.17) is 4.74 Å². The molecule has 3 aromatic carbocycles. The van der Waals surface area contributed by atoms with Gasteiger partial charge in [0.15, 0.2) is 5.82 Å². The summed E-state index contributed by atoms with van der Waals surface area (Å²) in [5.41, 5.74) is -2.36. The molecule has 0 saturated carbocycles. The molecule has 5 aromatic rings. The van der Waals surface area contributed by atoms with Gasteiger partial charge in [0, 0.05) is 16.7 Å². The molecule has 0 atom stereocenters. The first-order valence-corrected chi connectivity index (χ1v) is 12.5. The zero-order valence-corrected chi connectivity index (χ0v) is 21.8. The number of hydrogen-bond acceptors (Lipinski definition) is 5. The highest BCUT2D eigenvalue weighted by Gasteiger charge is 2.36. The van der Waals surface area contributed by atoms with Crippen molar-refractivity contribution in [3.8, 4) is 40.4 Å². The lowest BCUT2D eigenvalue weighted by Gasteiger charge is -2.17. The van der Waals surface area contributed by atoms with Crippen molar-refractivity contribution >= 4 is 0 Å². The van der Waals surface area contributed by atoms with Gasteiger partial charge in [-0.3, -0.25) is 4.98 Å². The van der Waals surface area contributed by atoms with Crippen LogP contribution in [0.2, 0.25) is 0 Å². The summed E-state index contributed by atoms with van der Waals surface area (Å²) in [6.45, 7) is -0.591. The lowest BCUT2D eigenvalue weighted by Crippen LogP contribution is -2.17. The molecule has 0 fully saturated rings. The van der Waals surface area contributed by atoms with Gasteiger partial charge in [0.1, 0.15) is 23.9 Å². The van der Waals surface area contributed by atoms with E-state index < -0.39 is 47.3 Å². The molecule has 0 bridgehead atoms. The fraction of sp³-hybridized carbons (Fsp3) is 0.0968. The Balaban J connectivity index is 1.50. The molecule has 0 saturated heterocycles. The molecule has 0 aliphatic carbocycles. The minimum absolute atomic E-state index is 0.163. The number of aromatic amines is 1. The number of pyridine rings is 1. The Kier molecular flexibility index (Phi) is 7.98. The van der Waals surface area contributed by atoms with E-state index in [1.807, 2.05) is 30.3 Å². The van der Waals surface area contributed by atoms with Crippen molar-refractivity contribution in [2.75, 3.05) is 0 Å². The summed E-state index contributed by atoms with van der Waals surface area (Å²) < 4.78 is 87.0. The molecule has 5 rings (SSSR count). The highest BCUT2D eigenvalue weighted by molar-refractivity contribution is 5.71. The first-order chi connectivity index (χ1) is 20.5. The minimum atomic E-state index is -4.90. The van der Waals surface area contributed by atoms with Gasteiger partial charge in [-0.25, -0.2) is 14.8 Å². The maximum absolute atomic E-state index is 14.1. The second-order valence-corrected chi connectivity index (χ2v) is 9.00. The van der Waals surface area contributed by atoms with Gasteiger partial charge in [0.25, 0.3) is 0 Å². The van der Waals surface area contributed by atoms with Crippen LogP contribution in [0.15, 0.2) is 95.8 Å². The SMILES string of the molecule is O=c1nc(-c2ccc(C#Cc3ccccc3)cc2)nc(-c2c(OCc3cccc(C(F)(F)F)n3)cccc2C(F)(F)F)[nH]1. The largest absolute Gasteiger partial charge is 0.487 e. The van der Waals surface area contributed by atoms with Gasteiger partial charge < -0.3 is 4.74 Å². The molecule has 6 nitrogen and oxygen atoms in total. The molecule has 0 spiro atoms. The molecular weight excluding hydrogens is 574 g/mol. The van der Waals surface area contributed by atoms with Crippen LogP contribution in [0.25, 0.3) is 22.8 Å². The summed E-state index contributed by atoms with van der Waals surface area (Å²) in [6, 6.07) is 21.8. The Morgan fingerprint density at radius 3 is 2.05 bits per heavy atom. The van der Waals surface area contributed by atoms with E-state index >= 15 is 0 Å². The summed E-state index contributed by atoms with van der Waals surface area (Å²) in [5.74, 6) is 4.95. The Hall–Kier alpha value is -5.44. The van der Waals surface area contributed by atoms with Crippen LogP contribution < -0.4 is 10.4 Å². The molecule has 0 amide bonds. The number of alkyl halides is 6. The van der Waals surface area contributed by atoms with Crippen LogP contribution in [0.5, 0.6) is 5.75 Å². The van der Waals surface area contributed by atoms with Crippen LogP contribution in [-0.2, 0) is 19.0 Å². The van der Waals surface area contributed by atoms with Crippen LogP contribution >= 0.6 is 0 Å². The number of hydrogen-bond donors (Lipinski definition) is 1. The third-order valence-corrected chi connectivity index (χ3v) is 5.96. The van der Waals surface area contributed by atoms with Crippen LogP contribution in [0.1, 0.15) is 28.1 Å². The average Bonchev–Trinajstić information content (AvgIpc) is 2.98. The highest BCUT2D eigenvalue weighted by atomic mass is 19.4. The summed E-state index contributed by atoms with van der Waals surface area (Å²) in [4.78, 5) is 26.2. The van der Waals surface area contributed by atoms with Gasteiger partial charge in [0.05, 0.1) is 16.8 Å². The normalized spacial score (nSPS) is 11.5. The first-order valence-electron chi connectivity index (χ1n) is 12.5. The number of rotatable bonds is 5. The summed E-state index contributed by atoms with van der Waals surface area (Å²) in [6.07, 6.45) is -9.62. The predicted molar refractivity (Wildman–Crippen MR) is 145 cm³/mol. The van der Waals surface area contributed by atoms with E-state index in [0.29, 0.717) is 11.1 Å². The fourth-order valence-corrected chi connectivity index (χ4v) is 4.00. The van der Waals surface area contributed by atoms with Crippen molar-refractivity contribution in [1.82, 2.24) is 19.9 Å². The molecule has 43 heavy (non-hydrogen) atoms. The summed E-state index contributed by atoms with van der Waals surface area (Å²) in [7, 11) is 0. The average molecular weight is 592 g/mol. The predicted octanol–water partition coefficient (Wildman–Crippen LogP) is 6.91. The topological polar surface area (TPSA) is 80.8 Å². The van der Waals surface area contributed by atoms with E-state index in [0.717, 1.165) is 29.8 Å². The Bertz CT molecular complexity index is 1870. The maximum Gasteiger partial charge on any atom is 0.433 e. The van der Waals surface area contributed by atoms with E-state index in [1.165, 1.54) is 12.1 Å². The molecule has 2 heterocycles. The van der Waals surface area contributed by atoms with E-state index in [-0.39, 0.29) is 17.3 Å². The first kappa shape index (κ1) is 29.1. The molecule has 12 heteroatoms. The van der Waals surface area contributed by atoms with E-state index in [1.54, 1.807) is 24.3 Å². The Labute approximate surface area is 240 Å². The van der Waals surface area contributed by atoms with Crippen molar-refractivity contribution in [3.63, 3.8) is 0 Å². The van der Waals surface area contributed by atoms with Crippen LogP contribution in [0.4, 0.5) is 26.3 Å².